The van der Waals surface area contributed by atoms with Gasteiger partial charge in [0.25, 0.3) is 0 Å². The van der Waals surface area contributed by atoms with E-state index >= 15 is 0 Å². The van der Waals surface area contributed by atoms with Gasteiger partial charge >= 0.3 is 0 Å². The molecular formula is C25H30ClNO2. The standard InChI is InChI=1S/C25H29NO2.ClH/c1-3-10-23(22-13-8-5-9-14-22)26-18-21-15-16-24(25(17-21)27-2)28-19-20-11-6-4-7-12-20;/h4-9,11-17,23,26H,3,10,18-19H2,1-2H3;1H. The lowest BCUT2D eigenvalue weighted by Gasteiger charge is -2.19. The molecule has 0 amide bonds. The smallest absolute Gasteiger partial charge is 0.161 e. The zero-order chi connectivity index (χ0) is 19.6. The van der Waals surface area contributed by atoms with Crippen molar-refractivity contribution in [1.29, 1.82) is 0 Å². The number of hydrogen-bond donors (Lipinski definition) is 1. The van der Waals surface area contributed by atoms with Crippen molar-refractivity contribution in [3.8, 4) is 11.5 Å². The molecule has 0 heterocycles. The number of ether oxygens (including phenoxy) is 2. The minimum absolute atomic E-state index is 0. The number of nitrogens with one attached hydrogen (secondary N) is 1. The summed E-state index contributed by atoms with van der Waals surface area (Å²) in [5.41, 5.74) is 3.65. The average molecular weight is 412 g/mol. The molecule has 1 N–H and O–H groups in total. The molecule has 1 atom stereocenters. The Morgan fingerprint density at radius 1 is 0.828 bits per heavy atom. The van der Waals surface area contributed by atoms with Crippen molar-refractivity contribution in [3.05, 3.63) is 95.6 Å². The van der Waals surface area contributed by atoms with Crippen LogP contribution in [0.15, 0.2) is 78.9 Å². The van der Waals surface area contributed by atoms with Gasteiger partial charge in [-0.15, -0.1) is 12.4 Å². The van der Waals surface area contributed by atoms with Crippen LogP contribution in [-0.4, -0.2) is 7.11 Å². The molecule has 154 valence electrons. The second kappa shape index (κ2) is 12.2. The Labute approximate surface area is 180 Å². The molecule has 29 heavy (non-hydrogen) atoms. The van der Waals surface area contributed by atoms with Gasteiger partial charge in [-0.25, -0.2) is 0 Å². The van der Waals surface area contributed by atoms with Gasteiger partial charge in [-0.2, -0.15) is 0 Å². The van der Waals surface area contributed by atoms with E-state index in [1.165, 1.54) is 11.1 Å². The number of hydrogen-bond acceptors (Lipinski definition) is 3. The second-order valence-electron chi connectivity index (χ2n) is 6.89. The molecule has 0 bridgehead atoms. The Morgan fingerprint density at radius 2 is 1.52 bits per heavy atom. The number of rotatable bonds is 10. The third kappa shape index (κ3) is 6.81. The first-order chi connectivity index (χ1) is 13.8. The van der Waals surface area contributed by atoms with E-state index in [0.29, 0.717) is 12.6 Å². The largest absolute Gasteiger partial charge is 0.493 e. The molecule has 0 aliphatic rings. The molecule has 3 aromatic carbocycles. The van der Waals surface area contributed by atoms with Gasteiger partial charge in [-0.05, 0) is 35.2 Å². The summed E-state index contributed by atoms with van der Waals surface area (Å²) in [6.07, 6.45) is 2.25. The lowest BCUT2D eigenvalue weighted by atomic mass is 10.0. The molecule has 0 saturated heterocycles. The molecule has 0 fully saturated rings. The minimum atomic E-state index is 0. The van der Waals surface area contributed by atoms with Crippen molar-refractivity contribution in [1.82, 2.24) is 5.32 Å². The topological polar surface area (TPSA) is 30.5 Å². The van der Waals surface area contributed by atoms with E-state index in [2.05, 4.69) is 66.8 Å². The van der Waals surface area contributed by atoms with Gasteiger partial charge in [0.2, 0.25) is 0 Å². The van der Waals surface area contributed by atoms with Crippen LogP contribution in [0.2, 0.25) is 0 Å². The first-order valence-electron chi connectivity index (χ1n) is 9.92. The predicted molar refractivity (Wildman–Crippen MR) is 122 cm³/mol. The summed E-state index contributed by atoms with van der Waals surface area (Å²) in [6.45, 7) is 3.54. The fourth-order valence-electron chi connectivity index (χ4n) is 3.28. The molecule has 0 aromatic heterocycles. The molecule has 3 nitrogen and oxygen atoms in total. The van der Waals surface area contributed by atoms with Crippen molar-refractivity contribution in [2.24, 2.45) is 0 Å². The SMILES string of the molecule is CCCC(NCc1ccc(OCc2ccccc2)c(OC)c1)c1ccccc1.Cl. The second-order valence-corrected chi connectivity index (χ2v) is 6.89. The summed E-state index contributed by atoms with van der Waals surface area (Å²) in [5, 5.41) is 3.69. The van der Waals surface area contributed by atoms with Crippen LogP contribution in [0.25, 0.3) is 0 Å². The summed E-state index contributed by atoms with van der Waals surface area (Å²) >= 11 is 0. The fourth-order valence-corrected chi connectivity index (χ4v) is 3.28. The van der Waals surface area contributed by atoms with Gasteiger partial charge in [0, 0.05) is 12.6 Å². The lowest BCUT2D eigenvalue weighted by molar-refractivity contribution is 0.284. The van der Waals surface area contributed by atoms with E-state index in [-0.39, 0.29) is 12.4 Å². The lowest BCUT2D eigenvalue weighted by Crippen LogP contribution is -2.20. The van der Waals surface area contributed by atoms with Crippen LogP contribution in [-0.2, 0) is 13.2 Å². The Kier molecular flexibility index (Phi) is 9.55. The van der Waals surface area contributed by atoms with Crippen LogP contribution in [0.3, 0.4) is 0 Å². The Bertz CT molecular complexity index is 840. The van der Waals surface area contributed by atoms with Crippen LogP contribution in [0.5, 0.6) is 11.5 Å². The van der Waals surface area contributed by atoms with Crippen molar-refractivity contribution in [3.63, 3.8) is 0 Å². The van der Waals surface area contributed by atoms with Crippen LogP contribution >= 0.6 is 12.4 Å². The molecule has 0 aliphatic carbocycles. The molecule has 3 rings (SSSR count). The van der Waals surface area contributed by atoms with E-state index in [1.807, 2.05) is 24.3 Å². The van der Waals surface area contributed by atoms with Crippen LogP contribution in [0, 0.1) is 0 Å². The van der Waals surface area contributed by atoms with Crippen molar-refractivity contribution < 1.29 is 9.47 Å². The third-order valence-corrected chi connectivity index (χ3v) is 4.80. The summed E-state index contributed by atoms with van der Waals surface area (Å²) in [5.74, 6) is 1.53. The van der Waals surface area contributed by atoms with E-state index in [1.54, 1.807) is 7.11 Å². The maximum absolute atomic E-state index is 5.96. The van der Waals surface area contributed by atoms with E-state index in [4.69, 9.17) is 9.47 Å². The molecule has 0 saturated carbocycles. The summed E-state index contributed by atoms with van der Waals surface area (Å²) in [6, 6.07) is 27.3. The van der Waals surface area contributed by atoms with Gasteiger partial charge in [0.05, 0.1) is 7.11 Å². The predicted octanol–water partition coefficient (Wildman–Crippen LogP) is 6.33. The van der Waals surface area contributed by atoms with Gasteiger partial charge < -0.3 is 14.8 Å². The third-order valence-electron chi connectivity index (χ3n) is 4.80. The molecule has 0 aliphatic heterocycles. The highest BCUT2D eigenvalue weighted by Crippen LogP contribution is 2.29. The molecule has 4 heteroatoms. The fraction of sp³-hybridized carbons (Fsp3) is 0.280. The van der Waals surface area contributed by atoms with E-state index < -0.39 is 0 Å². The zero-order valence-corrected chi connectivity index (χ0v) is 18.0. The maximum atomic E-state index is 5.96. The highest BCUT2D eigenvalue weighted by Gasteiger charge is 2.11. The quantitative estimate of drug-likeness (QED) is 0.423. The molecule has 0 spiro atoms. The molecular weight excluding hydrogens is 382 g/mol. The van der Waals surface area contributed by atoms with Crippen LogP contribution < -0.4 is 14.8 Å². The monoisotopic (exact) mass is 411 g/mol. The zero-order valence-electron chi connectivity index (χ0n) is 17.1. The summed E-state index contributed by atoms with van der Waals surface area (Å²) < 4.78 is 11.5. The Hall–Kier alpha value is -2.49. The highest BCUT2D eigenvalue weighted by atomic mass is 35.5. The van der Waals surface area contributed by atoms with Gasteiger partial charge in [0.1, 0.15) is 6.61 Å². The van der Waals surface area contributed by atoms with Crippen molar-refractivity contribution in [2.45, 2.75) is 39.0 Å². The highest BCUT2D eigenvalue weighted by molar-refractivity contribution is 5.85. The molecule has 3 aromatic rings. The van der Waals surface area contributed by atoms with E-state index in [0.717, 1.165) is 36.4 Å². The normalized spacial score (nSPS) is 11.4. The number of halogens is 1. The Balaban J connectivity index is 0.00000300. The summed E-state index contributed by atoms with van der Waals surface area (Å²) in [7, 11) is 1.69. The minimum Gasteiger partial charge on any atom is -0.493 e. The van der Waals surface area contributed by atoms with Crippen molar-refractivity contribution >= 4 is 12.4 Å². The molecule has 0 radical (unpaired) electrons. The van der Waals surface area contributed by atoms with Crippen LogP contribution in [0.4, 0.5) is 0 Å². The first kappa shape index (κ1) is 22.8. The van der Waals surface area contributed by atoms with Gasteiger partial charge in [-0.3, -0.25) is 0 Å². The van der Waals surface area contributed by atoms with Crippen molar-refractivity contribution in [2.75, 3.05) is 7.11 Å². The van der Waals surface area contributed by atoms with Crippen LogP contribution in [0.1, 0.15) is 42.5 Å². The summed E-state index contributed by atoms with van der Waals surface area (Å²) in [4.78, 5) is 0. The van der Waals surface area contributed by atoms with Gasteiger partial charge in [-0.1, -0.05) is 80.1 Å². The number of methoxy groups -OCH3 is 1. The number of benzene rings is 3. The van der Waals surface area contributed by atoms with E-state index in [9.17, 15) is 0 Å². The average Bonchev–Trinajstić information content (AvgIpc) is 2.76. The van der Waals surface area contributed by atoms with Gasteiger partial charge in [0.15, 0.2) is 11.5 Å². The molecule has 1 unspecified atom stereocenters. The Morgan fingerprint density at radius 3 is 2.17 bits per heavy atom. The maximum Gasteiger partial charge on any atom is 0.161 e. The first-order valence-corrected chi connectivity index (χ1v) is 9.92.